The van der Waals surface area contributed by atoms with Gasteiger partial charge in [-0.05, 0) is 46.0 Å². The second-order valence-electron chi connectivity index (χ2n) is 5.60. The Kier molecular flexibility index (Phi) is 11.2. The van der Waals surface area contributed by atoms with Crippen molar-refractivity contribution in [2.45, 2.75) is 51.7 Å². The lowest BCUT2D eigenvalue weighted by Crippen LogP contribution is -2.36. The first-order chi connectivity index (χ1) is 9.82. The van der Waals surface area contributed by atoms with Crippen molar-refractivity contribution in [3.63, 3.8) is 0 Å². The Morgan fingerprint density at radius 2 is 1.86 bits per heavy atom. The maximum absolute atomic E-state index is 11.4. The highest BCUT2D eigenvalue weighted by atomic mass is 28.4. The van der Waals surface area contributed by atoms with Crippen LogP contribution in [0.25, 0.3) is 0 Å². The van der Waals surface area contributed by atoms with Crippen molar-refractivity contribution in [2.24, 2.45) is 0 Å². The van der Waals surface area contributed by atoms with E-state index in [0.29, 0.717) is 13.2 Å². The molecule has 0 fully saturated rings. The van der Waals surface area contributed by atoms with Crippen LogP contribution >= 0.6 is 0 Å². The van der Waals surface area contributed by atoms with Crippen LogP contribution in [0.4, 0.5) is 0 Å². The summed E-state index contributed by atoms with van der Waals surface area (Å²) < 4.78 is 22.7. The molecule has 0 aromatic carbocycles. The minimum atomic E-state index is -1.65. The molecule has 8 heteroatoms. The minimum absolute atomic E-state index is 0.127. The van der Waals surface area contributed by atoms with Gasteiger partial charge in [-0.1, -0.05) is 6.58 Å². The summed E-state index contributed by atoms with van der Waals surface area (Å²) in [5.74, 6) is -0.377. The van der Waals surface area contributed by atoms with Gasteiger partial charge in [-0.3, -0.25) is 0 Å². The number of esters is 1. The summed E-state index contributed by atoms with van der Waals surface area (Å²) in [5, 5.41) is 0. The molecule has 0 saturated heterocycles. The molecular weight excluding hydrogens is 320 g/mol. The van der Waals surface area contributed by atoms with Gasteiger partial charge in [0.1, 0.15) is 5.73 Å². The molecule has 0 amide bonds. The Hall–Kier alpha value is -0.259. The fourth-order valence-electron chi connectivity index (χ4n) is 1.64. The summed E-state index contributed by atoms with van der Waals surface area (Å²) in [6, 6.07) is 0.832. The molecule has 21 heavy (non-hydrogen) atoms. The molecule has 0 spiro atoms. The van der Waals surface area contributed by atoms with E-state index in [9.17, 15) is 4.79 Å². The monoisotopic (exact) mass is 350 g/mol. The molecule has 0 aliphatic carbocycles. The number of rotatable bonds is 12. The van der Waals surface area contributed by atoms with Crippen LogP contribution in [0, 0.1) is 0 Å². The molecular formula is C13H30O5Si3. The zero-order valence-electron chi connectivity index (χ0n) is 14.0. The van der Waals surface area contributed by atoms with Crippen molar-refractivity contribution in [1.29, 1.82) is 0 Å². The van der Waals surface area contributed by atoms with Gasteiger partial charge in [-0.25, -0.2) is 4.79 Å². The second-order valence-corrected chi connectivity index (χ2v) is 14.3. The van der Waals surface area contributed by atoms with E-state index < -0.39 is 27.4 Å². The van der Waals surface area contributed by atoms with Crippen molar-refractivity contribution in [3.05, 3.63) is 12.7 Å². The van der Waals surface area contributed by atoms with Crippen molar-refractivity contribution < 1.29 is 22.5 Å². The van der Waals surface area contributed by atoms with Crippen molar-refractivity contribution in [2.75, 3.05) is 13.2 Å². The molecule has 5 nitrogen and oxygen atoms in total. The van der Waals surface area contributed by atoms with E-state index >= 15 is 0 Å². The molecule has 0 N–H and O–H groups in total. The molecule has 0 aromatic rings. The molecule has 0 saturated carbocycles. The molecule has 0 aliphatic rings. The third-order valence-electron chi connectivity index (χ3n) is 2.58. The molecule has 0 radical (unpaired) electrons. The van der Waals surface area contributed by atoms with Gasteiger partial charge in [0.05, 0.1) is 0 Å². The van der Waals surface area contributed by atoms with E-state index in [1.54, 1.807) is 0 Å². The van der Waals surface area contributed by atoms with Crippen LogP contribution in [0.5, 0.6) is 0 Å². The Morgan fingerprint density at radius 3 is 2.29 bits per heavy atom. The predicted molar refractivity (Wildman–Crippen MR) is 92.9 cm³/mol. The lowest BCUT2D eigenvalue weighted by atomic mass is 10.5. The smallest absolute Gasteiger partial charge is 0.330 e. The number of carbonyl (C=O) groups is 1. The number of carbonyl (C=O) groups excluding carboxylic acids is 1. The summed E-state index contributed by atoms with van der Waals surface area (Å²) >= 11 is 0. The highest BCUT2D eigenvalue weighted by Crippen LogP contribution is 2.11. The number of hydrogen-bond acceptors (Lipinski definition) is 5. The summed E-state index contributed by atoms with van der Waals surface area (Å²) in [7, 11) is -4.14. The third kappa shape index (κ3) is 12.0. The molecule has 0 aromatic heterocycles. The van der Waals surface area contributed by atoms with Gasteiger partial charge < -0.3 is 17.7 Å². The van der Waals surface area contributed by atoms with E-state index in [1.165, 1.54) is 6.08 Å². The fraction of sp³-hybridized carbons (Fsp3) is 0.769. The van der Waals surface area contributed by atoms with Gasteiger partial charge in [0.15, 0.2) is 18.1 Å². The summed E-state index contributed by atoms with van der Waals surface area (Å²) in [6.45, 7) is 15.1. The average Bonchev–Trinajstić information content (AvgIpc) is 2.40. The van der Waals surface area contributed by atoms with Crippen LogP contribution in [0.3, 0.4) is 0 Å². The van der Waals surface area contributed by atoms with Gasteiger partial charge in [-0.2, -0.15) is 0 Å². The quantitative estimate of drug-likeness (QED) is 0.304. The second kappa shape index (κ2) is 11.3. The van der Waals surface area contributed by atoms with Crippen LogP contribution in [0.1, 0.15) is 20.3 Å². The van der Waals surface area contributed by atoms with E-state index in [4.69, 9.17) is 17.7 Å². The molecule has 1 atom stereocenters. The first-order valence-electron chi connectivity index (χ1n) is 7.52. The highest BCUT2D eigenvalue weighted by Gasteiger charge is 2.23. The third-order valence-corrected chi connectivity index (χ3v) is 9.87. The zero-order valence-corrected chi connectivity index (χ0v) is 17.6. The van der Waals surface area contributed by atoms with Crippen LogP contribution in [-0.2, 0) is 22.5 Å². The molecule has 0 bridgehead atoms. The maximum atomic E-state index is 11.4. The van der Waals surface area contributed by atoms with Gasteiger partial charge >= 0.3 is 15.3 Å². The van der Waals surface area contributed by atoms with Crippen LogP contribution in [0.2, 0.25) is 25.7 Å². The lowest BCUT2D eigenvalue weighted by Gasteiger charge is -2.24. The molecule has 0 rings (SSSR count). The van der Waals surface area contributed by atoms with Crippen LogP contribution < -0.4 is 0 Å². The van der Waals surface area contributed by atoms with Crippen molar-refractivity contribution >= 4 is 33.3 Å². The SMILES string of the molecule is C=CC(=O)OC(CC[SiH](OCC)OCC)[SiH2]O[Si](C)(C)C. The highest BCUT2D eigenvalue weighted by molar-refractivity contribution is 6.74. The number of hydrogen-bond donors (Lipinski definition) is 0. The first-order valence-corrected chi connectivity index (χ1v) is 14.1. The molecule has 0 heterocycles. The van der Waals surface area contributed by atoms with Crippen LogP contribution in [0.15, 0.2) is 12.7 Å². The normalized spacial score (nSPS) is 13.8. The van der Waals surface area contributed by atoms with Crippen molar-refractivity contribution in [3.8, 4) is 0 Å². The van der Waals surface area contributed by atoms with Gasteiger partial charge in [0, 0.05) is 19.3 Å². The van der Waals surface area contributed by atoms with Gasteiger partial charge in [0.25, 0.3) is 0 Å². The Morgan fingerprint density at radius 1 is 1.29 bits per heavy atom. The fourth-order valence-corrected chi connectivity index (χ4v) is 7.31. The van der Waals surface area contributed by atoms with Crippen LogP contribution in [-0.4, -0.2) is 52.3 Å². The minimum Gasteiger partial charge on any atom is -0.461 e. The Labute approximate surface area is 133 Å². The standard InChI is InChI=1S/C13H30O5Si3/c1-7-12(14)17-13(19-18-21(4,5)6)10-11-20(15-8-2)16-9-3/h7,13,20H,1,8-11,19H2,2-6H3. The van der Waals surface area contributed by atoms with E-state index in [0.717, 1.165) is 12.5 Å². The number of ether oxygens (including phenoxy) is 1. The van der Waals surface area contributed by atoms with Gasteiger partial charge in [0.2, 0.25) is 0 Å². The zero-order chi connectivity index (χ0) is 16.3. The largest absolute Gasteiger partial charge is 0.461 e. The summed E-state index contributed by atoms with van der Waals surface area (Å²) in [5.41, 5.74) is -0.127. The Balaban J connectivity index is 4.42. The van der Waals surface area contributed by atoms with E-state index in [1.807, 2.05) is 13.8 Å². The molecule has 0 aliphatic heterocycles. The molecule has 1 unspecified atom stereocenters. The van der Waals surface area contributed by atoms with Gasteiger partial charge in [-0.15, -0.1) is 0 Å². The predicted octanol–water partition coefficient (Wildman–Crippen LogP) is 1.66. The first kappa shape index (κ1) is 20.7. The van der Waals surface area contributed by atoms with E-state index in [-0.39, 0.29) is 11.7 Å². The Bertz CT molecular complexity index is 301. The van der Waals surface area contributed by atoms with E-state index in [2.05, 4.69) is 26.2 Å². The summed E-state index contributed by atoms with van der Waals surface area (Å²) in [4.78, 5) is 11.4. The lowest BCUT2D eigenvalue weighted by molar-refractivity contribution is -0.140. The average molecular weight is 351 g/mol. The maximum Gasteiger partial charge on any atom is 0.330 e. The summed E-state index contributed by atoms with van der Waals surface area (Å²) in [6.07, 6.45) is 1.96. The topological polar surface area (TPSA) is 54.0 Å². The molecule has 124 valence electrons. The van der Waals surface area contributed by atoms with Crippen molar-refractivity contribution in [1.82, 2.24) is 0 Å².